The second kappa shape index (κ2) is 7.76. The maximum absolute atomic E-state index is 12.7. The maximum Gasteiger partial charge on any atom is 0.283 e. The van der Waals surface area contributed by atoms with Crippen LogP contribution in [0.4, 0.5) is 0 Å². The van der Waals surface area contributed by atoms with Crippen molar-refractivity contribution in [1.29, 1.82) is 0 Å². The number of hydrogen-bond donors (Lipinski definition) is 0. The number of carbonyl (C=O) groups is 1. The molecule has 0 N–H and O–H groups in total. The van der Waals surface area contributed by atoms with Crippen LogP contribution < -0.4 is 9.47 Å². The predicted octanol–water partition coefficient (Wildman–Crippen LogP) is 3.83. The highest BCUT2D eigenvalue weighted by Crippen LogP contribution is 2.41. The smallest absolute Gasteiger partial charge is 0.283 e. The summed E-state index contributed by atoms with van der Waals surface area (Å²) in [6.07, 6.45) is 3.94. The summed E-state index contributed by atoms with van der Waals surface area (Å²) < 4.78 is 22.9. The number of hydrogen-bond acceptors (Lipinski definition) is 7. The lowest BCUT2D eigenvalue weighted by Gasteiger charge is -2.30. The van der Waals surface area contributed by atoms with Gasteiger partial charge < -0.3 is 23.2 Å². The molecular weight excluding hydrogens is 398 g/mol. The fourth-order valence-corrected chi connectivity index (χ4v) is 4.21. The van der Waals surface area contributed by atoms with Crippen molar-refractivity contribution in [1.82, 2.24) is 15.1 Å². The predicted molar refractivity (Wildman–Crippen MR) is 111 cm³/mol. The topological polar surface area (TPSA) is 90.8 Å². The largest absolute Gasteiger partial charge is 0.483 e. The molecule has 0 saturated carbocycles. The molecule has 2 aliphatic heterocycles. The molecule has 5 rings (SSSR count). The van der Waals surface area contributed by atoms with Crippen LogP contribution in [0.3, 0.4) is 0 Å². The van der Waals surface area contributed by atoms with E-state index in [2.05, 4.69) is 10.2 Å². The lowest BCUT2D eigenvalue weighted by molar-refractivity contribution is -0.134. The molecule has 1 amide bonds. The van der Waals surface area contributed by atoms with Gasteiger partial charge in [-0.1, -0.05) is 12.1 Å². The minimum Gasteiger partial charge on any atom is -0.483 e. The molecule has 3 aromatic rings. The van der Waals surface area contributed by atoms with Crippen molar-refractivity contribution in [2.24, 2.45) is 0 Å². The van der Waals surface area contributed by atoms with Crippen LogP contribution in [0.1, 0.15) is 44.1 Å². The molecule has 1 fully saturated rings. The monoisotopic (exact) mass is 423 g/mol. The zero-order valence-electron chi connectivity index (χ0n) is 17.7. The highest BCUT2D eigenvalue weighted by atomic mass is 16.5. The first kappa shape index (κ1) is 19.7. The fourth-order valence-electron chi connectivity index (χ4n) is 4.21. The molecule has 1 aromatic carbocycles. The van der Waals surface area contributed by atoms with Crippen LogP contribution >= 0.6 is 0 Å². The van der Waals surface area contributed by atoms with Gasteiger partial charge in [-0.2, -0.15) is 0 Å². The minimum absolute atomic E-state index is 0.00585. The molecule has 1 saturated heterocycles. The van der Waals surface area contributed by atoms with Gasteiger partial charge in [0, 0.05) is 31.0 Å². The number of ether oxygens (including phenoxy) is 2. The lowest BCUT2D eigenvalue weighted by atomic mass is 9.97. The number of piperidine rings is 1. The first-order valence-corrected chi connectivity index (χ1v) is 10.6. The van der Waals surface area contributed by atoms with Crippen LogP contribution in [0.2, 0.25) is 0 Å². The molecule has 0 atom stereocenters. The van der Waals surface area contributed by atoms with E-state index in [-0.39, 0.29) is 24.0 Å². The number of nitrogens with zero attached hydrogens (tertiary/aromatic N) is 3. The molecule has 8 heteroatoms. The Bertz CT molecular complexity index is 1060. The third-order valence-electron chi connectivity index (χ3n) is 5.78. The average molecular weight is 423 g/mol. The summed E-state index contributed by atoms with van der Waals surface area (Å²) in [4.78, 5) is 14.5. The van der Waals surface area contributed by atoms with Crippen LogP contribution in [0, 0.1) is 0 Å². The van der Waals surface area contributed by atoms with Gasteiger partial charge in [0.25, 0.3) is 11.8 Å². The summed E-state index contributed by atoms with van der Waals surface area (Å²) >= 11 is 0. The van der Waals surface area contributed by atoms with E-state index in [9.17, 15) is 4.79 Å². The molecule has 8 nitrogen and oxygen atoms in total. The number of benzene rings is 1. The van der Waals surface area contributed by atoms with Gasteiger partial charge in [0.05, 0.1) is 6.26 Å². The summed E-state index contributed by atoms with van der Waals surface area (Å²) in [6, 6.07) is 9.40. The van der Waals surface area contributed by atoms with Crippen molar-refractivity contribution in [3.8, 4) is 23.1 Å². The molecule has 4 heterocycles. The van der Waals surface area contributed by atoms with Gasteiger partial charge in [0.1, 0.15) is 5.60 Å². The van der Waals surface area contributed by atoms with E-state index in [0.717, 1.165) is 30.6 Å². The van der Waals surface area contributed by atoms with Crippen LogP contribution in [0.5, 0.6) is 11.5 Å². The van der Waals surface area contributed by atoms with E-state index >= 15 is 0 Å². The summed E-state index contributed by atoms with van der Waals surface area (Å²) in [7, 11) is 0. The van der Waals surface area contributed by atoms with Gasteiger partial charge in [-0.05, 0) is 44.9 Å². The third kappa shape index (κ3) is 4.02. The first-order valence-electron chi connectivity index (χ1n) is 10.6. The Morgan fingerprint density at radius 1 is 1.19 bits per heavy atom. The van der Waals surface area contributed by atoms with Crippen molar-refractivity contribution in [2.75, 3.05) is 19.7 Å². The summed E-state index contributed by atoms with van der Waals surface area (Å²) in [6.45, 7) is 5.34. The Labute approximate surface area is 180 Å². The molecule has 2 aliphatic rings. The van der Waals surface area contributed by atoms with Gasteiger partial charge in [-0.25, -0.2) is 0 Å². The minimum atomic E-state index is -0.251. The van der Waals surface area contributed by atoms with Gasteiger partial charge >= 0.3 is 0 Å². The quantitative estimate of drug-likeness (QED) is 0.616. The Kier molecular flexibility index (Phi) is 4.92. The van der Waals surface area contributed by atoms with Gasteiger partial charge in [0.2, 0.25) is 5.89 Å². The fraction of sp³-hybridized carbons (Fsp3) is 0.435. The zero-order valence-corrected chi connectivity index (χ0v) is 17.7. The molecule has 162 valence electrons. The number of furan rings is 1. The molecule has 0 unspecified atom stereocenters. The number of aromatic nitrogens is 2. The van der Waals surface area contributed by atoms with Gasteiger partial charge in [-0.15, -0.1) is 10.2 Å². The molecular formula is C23H25N3O5. The normalized spacial score (nSPS) is 17.9. The van der Waals surface area contributed by atoms with Crippen molar-refractivity contribution in [3.63, 3.8) is 0 Å². The standard InChI is InChI=1S/C23H25N3O5/c1-23(2)13-16-5-3-6-17(20(16)31-23)29-14-19(27)26-10-8-15(9-11-26)21-24-25-22(30-21)18-7-4-12-28-18/h3-7,12,15H,8-11,13-14H2,1-2H3. The molecule has 0 radical (unpaired) electrons. The maximum atomic E-state index is 12.7. The first-order chi connectivity index (χ1) is 15.0. The summed E-state index contributed by atoms with van der Waals surface area (Å²) in [5, 5.41) is 8.23. The molecule has 31 heavy (non-hydrogen) atoms. The van der Waals surface area contributed by atoms with Crippen molar-refractivity contribution >= 4 is 5.91 Å². The van der Waals surface area contributed by atoms with E-state index in [1.165, 1.54) is 0 Å². The Balaban J connectivity index is 1.15. The number of rotatable bonds is 5. The molecule has 0 spiro atoms. The molecule has 2 aromatic heterocycles. The van der Waals surface area contributed by atoms with E-state index in [4.69, 9.17) is 18.3 Å². The Hall–Kier alpha value is -3.29. The zero-order chi connectivity index (χ0) is 21.4. The number of para-hydroxylation sites is 1. The van der Waals surface area contributed by atoms with Crippen molar-refractivity contribution < 1.29 is 23.1 Å². The van der Waals surface area contributed by atoms with Crippen LogP contribution in [0.15, 0.2) is 45.4 Å². The van der Waals surface area contributed by atoms with E-state index in [1.54, 1.807) is 18.4 Å². The molecule has 0 aliphatic carbocycles. The number of fused-ring (bicyclic) bond motifs is 1. The number of amides is 1. The van der Waals surface area contributed by atoms with Crippen molar-refractivity contribution in [2.45, 2.75) is 44.6 Å². The Morgan fingerprint density at radius 2 is 2.03 bits per heavy atom. The van der Waals surface area contributed by atoms with Crippen LogP contribution in [0.25, 0.3) is 11.7 Å². The lowest BCUT2D eigenvalue weighted by Crippen LogP contribution is -2.40. The van der Waals surface area contributed by atoms with E-state index in [0.29, 0.717) is 36.4 Å². The second-order valence-electron chi connectivity index (χ2n) is 8.65. The van der Waals surface area contributed by atoms with Crippen molar-refractivity contribution in [3.05, 3.63) is 48.0 Å². The third-order valence-corrected chi connectivity index (χ3v) is 5.78. The molecule has 0 bridgehead atoms. The SMILES string of the molecule is CC1(C)Cc2cccc(OCC(=O)N3CCC(c4nnc(-c5ccco5)o4)CC3)c2O1. The van der Waals surface area contributed by atoms with Crippen LogP contribution in [-0.2, 0) is 11.2 Å². The van der Waals surface area contributed by atoms with Gasteiger partial charge in [0.15, 0.2) is 23.9 Å². The van der Waals surface area contributed by atoms with E-state index < -0.39 is 0 Å². The summed E-state index contributed by atoms with van der Waals surface area (Å²) in [5.41, 5.74) is 0.864. The van der Waals surface area contributed by atoms with Gasteiger partial charge in [-0.3, -0.25) is 4.79 Å². The number of carbonyl (C=O) groups excluding carboxylic acids is 1. The number of likely N-dealkylation sites (tertiary alicyclic amines) is 1. The Morgan fingerprint density at radius 3 is 2.81 bits per heavy atom. The summed E-state index contributed by atoms with van der Waals surface area (Å²) in [5.74, 6) is 3.01. The van der Waals surface area contributed by atoms with E-state index in [1.807, 2.05) is 36.9 Å². The highest BCUT2D eigenvalue weighted by molar-refractivity contribution is 5.78. The second-order valence-corrected chi connectivity index (χ2v) is 8.65. The highest BCUT2D eigenvalue weighted by Gasteiger charge is 2.33. The average Bonchev–Trinajstić information content (AvgIpc) is 3.50. The van der Waals surface area contributed by atoms with Crippen LogP contribution in [-0.4, -0.2) is 46.3 Å².